The molecule has 3 rings (SSSR count). The lowest BCUT2D eigenvalue weighted by atomic mass is 10.2. The predicted molar refractivity (Wildman–Crippen MR) is 112 cm³/mol. The van der Waals surface area contributed by atoms with Crippen LogP contribution in [0.2, 0.25) is 10.0 Å². The minimum atomic E-state index is -0.349. The minimum absolute atomic E-state index is 0.109. The maximum absolute atomic E-state index is 12.9. The van der Waals surface area contributed by atoms with Crippen molar-refractivity contribution >= 4 is 51.7 Å². The molecule has 0 unspecified atom stereocenters. The molecule has 0 spiro atoms. The van der Waals surface area contributed by atoms with Crippen LogP contribution in [0.15, 0.2) is 46.9 Å². The molecule has 0 saturated heterocycles. The molecular weight excluding hydrogens is 399 g/mol. The quantitative estimate of drug-likeness (QED) is 0.571. The molecule has 28 heavy (non-hydrogen) atoms. The third-order valence-corrected chi connectivity index (χ3v) is 4.75. The van der Waals surface area contributed by atoms with Gasteiger partial charge in [0.25, 0.3) is 5.91 Å². The fraction of sp³-hybridized carbons (Fsp3) is 0.238. The minimum Gasteiger partial charge on any atom is -0.451 e. The average molecular weight is 419 g/mol. The van der Waals surface area contributed by atoms with Crippen molar-refractivity contribution in [3.05, 3.63) is 63.8 Å². The number of aryl methyl sites for hydroxylation is 1. The number of nitrogens with zero attached hydrogens (tertiary/aromatic N) is 1. The van der Waals surface area contributed by atoms with E-state index >= 15 is 0 Å². The molecular formula is C21H20Cl2N2O3. The number of fused-ring (bicyclic) bond motifs is 1. The number of carbonyl (C=O) groups is 2. The summed E-state index contributed by atoms with van der Waals surface area (Å²) in [5.74, 6) is -0.461. The summed E-state index contributed by atoms with van der Waals surface area (Å²) in [7, 11) is 0. The van der Waals surface area contributed by atoms with Gasteiger partial charge in [0.15, 0.2) is 5.76 Å². The van der Waals surface area contributed by atoms with Gasteiger partial charge in [-0.3, -0.25) is 9.59 Å². The number of nitrogens with one attached hydrogen (secondary N) is 1. The lowest BCUT2D eigenvalue weighted by Crippen LogP contribution is -2.38. The van der Waals surface area contributed by atoms with Crippen molar-refractivity contribution in [3.63, 3.8) is 0 Å². The zero-order valence-corrected chi connectivity index (χ0v) is 17.1. The molecule has 2 amide bonds. The van der Waals surface area contributed by atoms with Gasteiger partial charge in [0.2, 0.25) is 5.91 Å². The van der Waals surface area contributed by atoms with Crippen LogP contribution < -0.4 is 5.32 Å². The van der Waals surface area contributed by atoms with Gasteiger partial charge in [-0.2, -0.15) is 0 Å². The number of amides is 2. The van der Waals surface area contributed by atoms with Crippen LogP contribution in [0, 0.1) is 6.92 Å². The van der Waals surface area contributed by atoms with Crippen LogP contribution in [0.5, 0.6) is 0 Å². The second kappa shape index (κ2) is 8.67. The van der Waals surface area contributed by atoms with E-state index in [0.717, 1.165) is 10.9 Å². The van der Waals surface area contributed by atoms with Gasteiger partial charge in [-0.05, 0) is 49.7 Å². The first kappa shape index (κ1) is 20.2. The summed E-state index contributed by atoms with van der Waals surface area (Å²) in [4.78, 5) is 26.8. The van der Waals surface area contributed by atoms with E-state index < -0.39 is 0 Å². The molecule has 0 radical (unpaired) electrons. The van der Waals surface area contributed by atoms with Crippen molar-refractivity contribution in [1.82, 2.24) is 4.90 Å². The van der Waals surface area contributed by atoms with E-state index in [0.29, 0.717) is 34.3 Å². The van der Waals surface area contributed by atoms with Crippen molar-refractivity contribution in [2.24, 2.45) is 0 Å². The molecule has 5 nitrogen and oxygen atoms in total. The molecule has 0 saturated carbocycles. The zero-order valence-electron chi connectivity index (χ0n) is 15.6. The molecule has 1 N–H and O–H groups in total. The van der Waals surface area contributed by atoms with E-state index in [9.17, 15) is 9.59 Å². The number of halogens is 2. The molecule has 146 valence electrons. The summed E-state index contributed by atoms with van der Waals surface area (Å²) in [6.07, 6.45) is 0.708. The SMILES string of the molecule is CCCN(CC(=O)Nc1ccc(Cl)cc1Cl)C(=O)c1cc2cc(C)ccc2o1. The van der Waals surface area contributed by atoms with E-state index in [2.05, 4.69) is 5.32 Å². The highest BCUT2D eigenvalue weighted by molar-refractivity contribution is 6.36. The average Bonchev–Trinajstić information content (AvgIpc) is 3.06. The molecule has 1 aromatic heterocycles. The van der Waals surface area contributed by atoms with E-state index in [1.165, 1.54) is 4.90 Å². The Morgan fingerprint density at radius 3 is 2.61 bits per heavy atom. The van der Waals surface area contributed by atoms with Gasteiger partial charge in [-0.25, -0.2) is 0 Å². The van der Waals surface area contributed by atoms with Gasteiger partial charge >= 0.3 is 0 Å². The normalized spacial score (nSPS) is 10.9. The maximum atomic E-state index is 12.9. The highest BCUT2D eigenvalue weighted by Gasteiger charge is 2.22. The van der Waals surface area contributed by atoms with Crippen LogP contribution in [0.3, 0.4) is 0 Å². The summed E-state index contributed by atoms with van der Waals surface area (Å²) in [6, 6.07) is 12.2. The van der Waals surface area contributed by atoms with Crippen LogP contribution in [0.25, 0.3) is 11.0 Å². The molecule has 0 atom stereocenters. The van der Waals surface area contributed by atoms with Crippen molar-refractivity contribution in [1.29, 1.82) is 0 Å². The molecule has 0 aliphatic carbocycles. The van der Waals surface area contributed by atoms with Gasteiger partial charge in [-0.1, -0.05) is 41.8 Å². The first-order valence-corrected chi connectivity index (χ1v) is 9.67. The molecule has 0 fully saturated rings. The van der Waals surface area contributed by atoms with E-state index in [1.54, 1.807) is 24.3 Å². The molecule has 7 heteroatoms. The Kier molecular flexibility index (Phi) is 6.27. The molecule has 0 bridgehead atoms. The van der Waals surface area contributed by atoms with Gasteiger partial charge in [0, 0.05) is 17.0 Å². The number of furan rings is 1. The van der Waals surface area contributed by atoms with Gasteiger partial charge in [-0.15, -0.1) is 0 Å². The second-order valence-corrected chi connectivity index (χ2v) is 7.39. The van der Waals surface area contributed by atoms with Crippen LogP contribution in [0.4, 0.5) is 5.69 Å². The van der Waals surface area contributed by atoms with Gasteiger partial charge in [0.05, 0.1) is 10.7 Å². The number of anilines is 1. The van der Waals surface area contributed by atoms with E-state index in [1.807, 2.05) is 32.0 Å². The van der Waals surface area contributed by atoms with Crippen molar-refractivity contribution in [3.8, 4) is 0 Å². The number of benzene rings is 2. The van der Waals surface area contributed by atoms with Gasteiger partial charge in [0.1, 0.15) is 12.1 Å². The van der Waals surface area contributed by atoms with Crippen LogP contribution in [-0.4, -0.2) is 29.8 Å². The second-order valence-electron chi connectivity index (χ2n) is 6.55. The van der Waals surface area contributed by atoms with Crippen molar-refractivity contribution in [2.75, 3.05) is 18.4 Å². The third-order valence-electron chi connectivity index (χ3n) is 4.20. The van der Waals surface area contributed by atoms with Gasteiger partial charge < -0.3 is 14.6 Å². The number of carbonyl (C=O) groups excluding carboxylic acids is 2. The molecule has 2 aromatic carbocycles. The van der Waals surface area contributed by atoms with Crippen LogP contribution in [0.1, 0.15) is 29.5 Å². The summed E-state index contributed by atoms with van der Waals surface area (Å²) in [6.45, 7) is 4.23. The Hall–Kier alpha value is -2.50. The number of hydrogen-bond donors (Lipinski definition) is 1. The molecule has 3 aromatic rings. The molecule has 1 heterocycles. The maximum Gasteiger partial charge on any atom is 0.290 e. The lowest BCUT2D eigenvalue weighted by molar-refractivity contribution is -0.116. The summed E-state index contributed by atoms with van der Waals surface area (Å²) in [5.41, 5.74) is 2.17. The van der Waals surface area contributed by atoms with Crippen molar-refractivity contribution in [2.45, 2.75) is 20.3 Å². The first-order valence-electron chi connectivity index (χ1n) is 8.91. The number of hydrogen-bond acceptors (Lipinski definition) is 3. The summed E-state index contributed by atoms with van der Waals surface area (Å²) < 4.78 is 5.69. The lowest BCUT2D eigenvalue weighted by Gasteiger charge is -2.20. The molecule has 0 aliphatic rings. The Bertz CT molecular complexity index is 1030. The summed E-state index contributed by atoms with van der Waals surface area (Å²) >= 11 is 12.0. The largest absolute Gasteiger partial charge is 0.451 e. The standard InChI is InChI=1S/C21H20Cl2N2O3/c1-3-8-25(12-20(26)24-17-6-5-15(22)11-16(17)23)21(27)19-10-14-9-13(2)4-7-18(14)28-19/h4-7,9-11H,3,8,12H2,1-2H3,(H,24,26). The Balaban J connectivity index is 1.75. The smallest absolute Gasteiger partial charge is 0.290 e. The fourth-order valence-electron chi connectivity index (χ4n) is 2.90. The van der Waals surface area contributed by atoms with Crippen molar-refractivity contribution < 1.29 is 14.0 Å². The monoisotopic (exact) mass is 418 g/mol. The highest BCUT2D eigenvalue weighted by Crippen LogP contribution is 2.25. The number of rotatable bonds is 6. The Morgan fingerprint density at radius 1 is 1.11 bits per heavy atom. The summed E-state index contributed by atoms with van der Waals surface area (Å²) in [5, 5.41) is 4.38. The topological polar surface area (TPSA) is 62.6 Å². The molecule has 0 aliphatic heterocycles. The Morgan fingerprint density at radius 2 is 1.89 bits per heavy atom. The van der Waals surface area contributed by atoms with Crippen LogP contribution in [-0.2, 0) is 4.79 Å². The third kappa shape index (κ3) is 4.66. The predicted octanol–water partition coefficient (Wildman–Crippen LogP) is 5.54. The van der Waals surface area contributed by atoms with E-state index in [4.69, 9.17) is 27.6 Å². The highest BCUT2D eigenvalue weighted by atomic mass is 35.5. The first-order chi connectivity index (χ1) is 13.4. The Labute approximate surface area is 173 Å². The zero-order chi connectivity index (χ0) is 20.3. The fourth-order valence-corrected chi connectivity index (χ4v) is 3.36. The van der Waals surface area contributed by atoms with Crippen LogP contribution >= 0.6 is 23.2 Å². The van der Waals surface area contributed by atoms with E-state index in [-0.39, 0.29) is 24.1 Å².